The third-order valence-electron chi connectivity index (χ3n) is 22.3. The minimum atomic E-state index is -1.54. The molecule has 2 aromatic rings. The van der Waals surface area contributed by atoms with Gasteiger partial charge in [0.05, 0.1) is 67.2 Å². The summed E-state index contributed by atoms with van der Waals surface area (Å²) in [5, 5.41) is 109. The lowest BCUT2D eigenvalue weighted by Crippen LogP contribution is -2.57. The van der Waals surface area contributed by atoms with Gasteiger partial charge in [-0.2, -0.15) is 0 Å². The molecular formula is C90H141N21O31S3. The number of thioether (sulfide) groups is 3. The van der Waals surface area contributed by atoms with E-state index in [0.717, 1.165) is 74.5 Å². The van der Waals surface area contributed by atoms with Gasteiger partial charge in [0.25, 0.3) is 11.8 Å². The number of imide groups is 1. The number of unbranched alkanes of at least 4 members (excludes halogenated alkanes) is 5. The molecule has 1 fully saturated rings. The highest BCUT2D eigenvalue weighted by atomic mass is 32.2. The molecule has 2 aliphatic rings. The molecular weight excluding hydrogens is 1970 g/mol. The number of aliphatic hydroxyl groups is 3. The zero-order valence-corrected chi connectivity index (χ0v) is 84.1. The number of Topliss-reactive ketones (excluding diaryl/α,β-unsaturated/α-hetero) is 2. The van der Waals surface area contributed by atoms with Crippen molar-refractivity contribution in [1.82, 2.24) is 93.8 Å². The van der Waals surface area contributed by atoms with Crippen molar-refractivity contribution in [3.63, 3.8) is 0 Å². The number of ether oxygens (including phenoxy) is 2. The summed E-state index contributed by atoms with van der Waals surface area (Å²) in [6, 6.07) is -7.81. The third-order valence-corrected chi connectivity index (χ3v) is 25.8. The SMILES string of the molecule is CCNC(=O)C(CSc1cc(O)n(CCC(=O)NCCOCCOCCC(=O)NC(CCCCNC(=O)CCO)C(=O)NC(CCCCNC(=O)CCn2c(O)cc(SCC(NC(C)=O)C(=O)NC(CCCCNC(=O)CCN3C(=O)C=CC3=O)C(=O)NC(CSC3CC(=O)C(CCC(=O)NCCCCC(NC(=O)C(CCCCNC(=O)CCO)NC(=O)CCO)C(N)=O)C3=O)C(N)=O)c2O)C(N)=O)c1O)NC(C)=O. The molecule has 1 aliphatic heterocycles. The third kappa shape index (κ3) is 49.2. The number of nitrogens with one attached hydrogen (secondary N) is 15. The Balaban J connectivity index is 1.28. The Morgan fingerprint density at radius 2 is 0.724 bits per heavy atom. The number of aromatic hydroxyl groups is 4. The number of rotatable bonds is 78. The number of carbonyl (C=O) groups is 22. The molecule has 20 amide bonds. The number of amides is 20. The predicted molar refractivity (Wildman–Crippen MR) is 522 cm³/mol. The maximum Gasteiger partial charge on any atom is 0.253 e. The molecule has 0 radical (unpaired) electrons. The topological polar surface area (TPSA) is 807 Å². The van der Waals surface area contributed by atoms with E-state index in [4.69, 9.17) is 36.9 Å². The zero-order chi connectivity index (χ0) is 107. The summed E-state index contributed by atoms with van der Waals surface area (Å²) >= 11 is 2.62. The average molecular weight is 2110 g/mol. The molecule has 1 saturated carbocycles. The van der Waals surface area contributed by atoms with E-state index in [1.165, 1.54) is 13.0 Å². The van der Waals surface area contributed by atoms with E-state index in [1.807, 2.05) is 0 Å². The molecule has 10 atom stereocenters. The monoisotopic (exact) mass is 2110 g/mol. The Labute approximate surface area is 849 Å². The Bertz CT molecular complexity index is 4710. The van der Waals surface area contributed by atoms with E-state index < -0.39 is 202 Å². The van der Waals surface area contributed by atoms with Crippen LogP contribution in [0.1, 0.15) is 181 Å². The van der Waals surface area contributed by atoms with Crippen LogP contribution in [0.25, 0.3) is 0 Å². The van der Waals surface area contributed by atoms with Gasteiger partial charge in [-0.3, -0.25) is 120 Å². The van der Waals surface area contributed by atoms with Crippen molar-refractivity contribution in [3.8, 4) is 23.5 Å². The number of nitrogens with zero attached hydrogens (tertiary/aromatic N) is 3. The van der Waals surface area contributed by atoms with Gasteiger partial charge in [0.1, 0.15) is 54.1 Å². The molecule has 10 unspecified atom stereocenters. The molecule has 3 heterocycles. The maximum absolute atomic E-state index is 14.3. The quantitative estimate of drug-likeness (QED) is 0.0127. The predicted octanol–water partition coefficient (Wildman–Crippen LogP) is -6.24. The van der Waals surface area contributed by atoms with Gasteiger partial charge in [0, 0.05) is 179 Å². The van der Waals surface area contributed by atoms with Crippen molar-refractivity contribution in [3.05, 3.63) is 24.3 Å². The number of carbonyl (C=O) groups excluding carboxylic acids is 22. The van der Waals surface area contributed by atoms with Gasteiger partial charge in [-0.15, -0.1) is 35.3 Å². The largest absolute Gasteiger partial charge is 0.494 e. The molecule has 0 bridgehead atoms. The molecule has 2 aromatic heterocycles. The smallest absolute Gasteiger partial charge is 0.253 e. The van der Waals surface area contributed by atoms with E-state index in [-0.39, 0.29) is 278 Å². The zero-order valence-electron chi connectivity index (χ0n) is 81.6. The fraction of sp³-hybridized carbons (Fsp3) is 0.644. The average Bonchev–Trinajstić information content (AvgIpc) is 1.69. The number of primary amides is 3. The van der Waals surface area contributed by atoms with Crippen LogP contribution in [-0.2, 0) is 128 Å². The molecule has 810 valence electrons. The highest BCUT2D eigenvalue weighted by Gasteiger charge is 2.43. The first-order valence-corrected chi connectivity index (χ1v) is 50.9. The fourth-order valence-electron chi connectivity index (χ4n) is 14.5. The summed E-state index contributed by atoms with van der Waals surface area (Å²) in [6.45, 7) is 3.29. The van der Waals surface area contributed by atoms with Crippen molar-refractivity contribution in [2.24, 2.45) is 23.1 Å². The van der Waals surface area contributed by atoms with Crippen molar-refractivity contribution in [2.45, 2.75) is 258 Å². The first-order valence-electron chi connectivity index (χ1n) is 47.9. The van der Waals surface area contributed by atoms with Crippen LogP contribution in [-0.4, -0.2) is 349 Å². The molecule has 28 N–H and O–H groups in total. The number of aliphatic hydroxyl groups excluding tert-OH is 3. The Morgan fingerprint density at radius 3 is 1.13 bits per heavy atom. The minimum Gasteiger partial charge on any atom is -0.494 e. The lowest BCUT2D eigenvalue weighted by Gasteiger charge is -2.25. The highest BCUT2D eigenvalue weighted by molar-refractivity contribution is 8.00. The van der Waals surface area contributed by atoms with Crippen molar-refractivity contribution in [2.75, 3.05) is 116 Å². The van der Waals surface area contributed by atoms with Crippen LogP contribution in [0, 0.1) is 5.92 Å². The molecule has 0 aromatic carbocycles. The molecule has 1 aliphatic carbocycles. The number of aromatic nitrogens is 2. The van der Waals surface area contributed by atoms with Gasteiger partial charge in [-0.25, -0.2) is 0 Å². The first-order chi connectivity index (χ1) is 69.1. The van der Waals surface area contributed by atoms with Gasteiger partial charge in [-0.05, 0) is 110 Å². The summed E-state index contributed by atoms with van der Waals surface area (Å²) < 4.78 is 13.2. The van der Waals surface area contributed by atoms with Crippen molar-refractivity contribution >= 4 is 165 Å². The maximum atomic E-state index is 14.3. The van der Waals surface area contributed by atoms with Crippen LogP contribution in [0.15, 0.2) is 34.1 Å². The van der Waals surface area contributed by atoms with E-state index in [1.54, 1.807) is 6.92 Å². The van der Waals surface area contributed by atoms with Crippen LogP contribution >= 0.6 is 35.3 Å². The summed E-state index contributed by atoms with van der Waals surface area (Å²) in [6.07, 6.45) is 2.63. The fourth-order valence-corrected chi connectivity index (χ4v) is 17.8. The highest BCUT2D eigenvalue weighted by Crippen LogP contribution is 2.38. The lowest BCUT2D eigenvalue weighted by molar-refractivity contribution is -0.138. The number of ketones is 2. The van der Waals surface area contributed by atoms with Crippen LogP contribution in [0.3, 0.4) is 0 Å². The van der Waals surface area contributed by atoms with Crippen LogP contribution < -0.4 is 97.0 Å². The van der Waals surface area contributed by atoms with Gasteiger partial charge in [-0.1, -0.05) is 0 Å². The van der Waals surface area contributed by atoms with Crippen LogP contribution in [0.4, 0.5) is 0 Å². The Hall–Kier alpha value is -12.7. The van der Waals surface area contributed by atoms with Gasteiger partial charge >= 0.3 is 0 Å². The Kier molecular flexibility index (Phi) is 59.6. The van der Waals surface area contributed by atoms with Crippen LogP contribution in [0.5, 0.6) is 23.5 Å². The number of nitrogens with two attached hydrogens (primary N) is 3. The molecule has 145 heavy (non-hydrogen) atoms. The summed E-state index contributed by atoms with van der Waals surface area (Å²) in [5.41, 5.74) is 17.1. The summed E-state index contributed by atoms with van der Waals surface area (Å²) in [5.74, 6) is -17.8. The number of hydrogen-bond acceptors (Lipinski definition) is 34. The van der Waals surface area contributed by atoms with E-state index in [0.29, 0.717) is 32.2 Å². The van der Waals surface area contributed by atoms with E-state index in [2.05, 4.69) is 79.8 Å². The van der Waals surface area contributed by atoms with Gasteiger partial charge in [0.15, 0.2) is 17.5 Å². The van der Waals surface area contributed by atoms with Crippen LogP contribution in [0.2, 0.25) is 0 Å². The first kappa shape index (κ1) is 125. The van der Waals surface area contributed by atoms with E-state index >= 15 is 0 Å². The summed E-state index contributed by atoms with van der Waals surface area (Å²) in [7, 11) is 0. The van der Waals surface area contributed by atoms with E-state index in [9.17, 15) is 131 Å². The molecule has 55 heteroatoms. The number of likely N-dealkylation sites (N-methyl/N-ethyl adjacent to an activating group) is 1. The molecule has 0 saturated heterocycles. The van der Waals surface area contributed by atoms with Gasteiger partial charge in [0.2, 0.25) is 118 Å². The molecule has 4 rings (SSSR count). The second-order valence-corrected chi connectivity index (χ2v) is 37.1. The standard InChI is InChI=1S/C90H141N21O31S3/c1-4-94-84(134)62(101-53(2)115)51-144-66-48-78(128)111(89(66)139)39-26-71(121)100-36-44-142-46-45-141-43-30-75(125)104-59(18-8-13-35-99-73(123)28-41-113)86(136)106-57(82(92)132)16-6-11-32-97-70(120)25-38-110-79(129)49-67(90(110)140)145-52-63(102-54(3)116)88(138)107-60(19-9-14-33-96-69(119)24-37-109-76(126)22-23-77(109)127)87(137)108-61(83(93)133)50-143-65-47-64(117)55(80(65)130)20-21-68(118)95-31-10-5-15-56(81(91)131)105-85(135)58(103-74(124)29-42-114)17-7-12-34-98-72(122)27-40-112/h22-23,48-49,55-63,65,112-114,128-129,139-140H,4-21,24-47,50-52H2,1-3H3,(H2,91,131)(H2,92,132)(H2,93,133)(H,94,134)(H,95,118)(H,96,119)(H,97,120)(H,98,122)(H,99,123)(H,100,121)(H,101,115)(H,102,116)(H,103,124)(H,104,125)(H,105,135)(H,106,136)(H,107,138)(H,108,137). The Morgan fingerprint density at radius 1 is 0.379 bits per heavy atom. The number of hydrogen-bond donors (Lipinski definition) is 25. The lowest BCUT2D eigenvalue weighted by atomic mass is 9.99. The minimum absolute atomic E-state index is 0.00456. The second-order valence-electron chi connectivity index (χ2n) is 33.8. The second kappa shape index (κ2) is 69.3. The van der Waals surface area contributed by atoms with Crippen molar-refractivity contribution in [1.29, 1.82) is 0 Å². The molecule has 52 nitrogen and oxygen atoms in total. The van der Waals surface area contributed by atoms with Crippen molar-refractivity contribution < 1.29 is 151 Å². The molecule has 0 spiro atoms. The van der Waals surface area contributed by atoms with Gasteiger partial charge < -0.3 is 142 Å². The normalized spacial score (nSPS) is 14.8. The summed E-state index contributed by atoms with van der Waals surface area (Å²) in [4.78, 5) is 284.